The van der Waals surface area contributed by atoms with Crippen molar-refractivity contribution >= 4 is 40.8 Å². The minimum atomic E-state index is -0.787. The van der Waals surface area contributed by atoms with Gasteiger partial charge in [0.1, 0.15) is 5.75 Å². The molecule has 2 rings (SSSR count). The molecule has 1 N–H and O–H groups in total. The molecule has 7 heteroatoms. The zero-order valence-electron chi connectivity index (χ0n) is 13.5. The molecule has 25 heavy (non-hydrogen) atoms. The number of benzene rings is 2. The molecule has 0 fully saturated rings. The summed E-state index contributed by atoms with van der Waals surface area (Å²) in [5.74, 6) is -0.577. The van der Waals surface area contributed by atoms with Crippen molar-refractivity contribution in [3.63, 3.8) is 0 Å². The molecule has 0 aliphatic heterocycles. The van der Waals surface area contributed by atoms with Gasteiger partial charge in [0.25, 0.3) is 5.91 Å². The monoisotopic (exact) mass is 381 g/mol. The van der Waals surface area contributed by atoms with Crippen LogP contribution in [0.2, 0.25) is 10.0 Å². The van der Waals surface area contributed by atoms with Gasteiger partial charge in [-0.05, 0) is 30.7 Å². The second-order valence-electron chi connectivity index (χ2n) is 5.09. The van der Waals surface area contributed by atoms with E-state index in [1.165, 1.54) is 0 Å². The second-order valence-corrected chi connectivity index (χ2v) is 5.87. The van der Waals surface area contributed by atoms with Crippen molar-refractivity contribution in [3.05, 3.63) is 58.6 Å². The fourth-order valence-electron chi connectivity index (χ4n) is 1.98. The molecule has 5 nitrogen and oxygen atoms in total. The molecule has 2 aromatic rings. The molecule has 2 aromatic carbocycles. The lowest BCUT2D eigenvalue weighted by Crippen LogP contribution is -2.31. The number of hydrogen-bond acceptors (Lipinski definition) is 4. The van der Waals surface area contributed by atoms with Crippen LogP contribution in [0.4, 0.5) is 5.69 Å². The number of carbonyl (C=O) groups excluding carboxylic acids is 2. The number of hydrogen-bond donors (Lipinski definition) is 1. The third-order valence-electron chi connectivity index (χ3n) is 3.23. The van der Waals surface area contributed by atoms with E-state index < -0.39 is 24.6 Å². The maximum absolute atomic E-state index is 12.1. The lowest BCUT2D eigenvalue weighted by atomic mass is 10.2. The molecule has 0 aromatic heterocycles. The highest BCUT2D eigenvalue weighted by Gasteiger charge is 2.21. The van der Waals surface area contributed by atoms with E-state index in [0.717, 1.165) is 0 Å². The van der Waals surface area contributed by atoms with Crippen LogP contribution in [0.25, 0.3) is 0 Å². The van der Waals surface area contributed by atoms with Crippen LogP contribution in [0.3, 0.4) is 0 Å². The number of anilines is 1. The van der Waals surface area contributed by atoms with Crippen LogP contribution in [0, 0.1) is 0 Å². The van der Waals surface area contributed by atoms with Gasteiger partial charge < -0.3 is 14.8 Å². The lowest BCUT2D eigenvalue weighted by molar-refractivity contribution is -0.154. The summed E-state index contributed by atoms with van der Waals surface area (Å²) in [5, 5.41) is 3.08. The van der Waals surface area contributed by atoms with Gasteiger partial charge in [-0.15, -0.1) is 0 Å². The SMILES string of the molecule is CC[C@H](Oc1ccccc1)C(=O)OCC(=O)Nc1cccc(Cl)c1Cl. The van der Waals surface area contributed by atoms with E-state index in [9.17, 15) is 9.59 Å². The number of halogens is 2. The van der Waals surface area contributed by atoms with Crippen LogP contribution < -0.4 is 10.1 Å². The molecular formula is C18H17Cl2NO4. The largest absolute Gasteiger partial charge is 0.479 e. The Morgan fingerprint density at radius 3 is 2.48 bits per heavy atom. The molecule has 1 atom stereocenters. The summed E-state index contributed by atoms with van der Waals surface area (Å²) < 4.78 is 10.6. The van der Waals surface area contributed by atoms with E-state index >= 15 is 0 Å². The summed E-state index contributed by atoms with van der Waals surface area (Å²) >= 11 is 11.9. The Labute approximate surface area is 155 Å². The van der Waals surface area contributed by atoms with Crippen molar-refractivity contribution in [2.24, 2.45) is 0 Å². The van der Waals surface area contributed by atoms with Crippen LogP contribution in [0.5, 0.6) is 5.75 Å². The van der Waals surface area contributed by atoms with E-state index in [4.69, 9.17) is 32.7 Å². The molecule has 1 amide bonds. The van der Waals surface area contributed by atoms with Gasteiger partial charge in [-0.3, -0.25) is 4.79 Å². The molecule has 0 saturated carbocycles. The Bertz CT molecular complexity index is 737. The number of para-hydroxylation sites is 1. The molecule has 0 spiro atoms. The Morgan fingerprint density at radius 1 is 1.08 bits per heavy atom. The first-order valence-electron chi connectivity index (χ1n) is 7.63. The van der Waals surface area contributed by atoms with Gasteiger partial charge >= 0.3 is 5.97 Å². The summed E-state index contributed by atoms with van der Waals surface area (Å²) in [6, 6.07) is 13.8. The number of ether oxygens (including phenoxy) is 2. The number of rotatable bonds is 7. The Balaban J connectivity index is 1.87. The summed E-state index contributed by atoms with van der Waals surface area (Å²) in [5.41, 5.74) is 0.350. The van der Waals surface area contributed by atoms with E-state index in [1.807, 2.05) is 6.07 Å². The molecule has 0 radical (unpaired) electrons. The molecular weight excluding hydrogens is 365 g/mol. The topological polar surface area (TPSA) is 64.6 Å². The Morgan fingerprint density at radius 2 is 1.80 bits per heavy atom. The quantitative estimate of drug-likeness (QED) is 0.724. The third kappa shape index (κ3) is 5.66. The number of carbonyl (C=O) groups is 2. The molecule has 0 heterocycles. The van der Waals surface area contributed by atoms with Crippen LogP contribution in [0.15, 0.2) is 48.5 Å². The minimum absolute atomic E-state index is 0.225. The van der Waals surface area contributed by atoms with Crippen molar-refractivity contribution in [1.82, 2.24) is 0 Å². The number of nitrogens with one attached hydrogen (secondary N) is 1. The summed E-state index contributed by atoms with van der Waals surface area (Å²) in [6.45, 7) is 1.34. The molecule has 0 bridgehead atoms. The molecule has 0 saturated heterocycles. The molecule has 0 unspecified atom stereocenters. The van der Waals surface area contributed by atoms with Crippen molar-refractivity contribution < 1.29 is 19.1 Å². The van der Waals surface area contributed by atoms with Crippen molar-refractivity contribution in [2.75, 3.05) is 11.9 Å². The number of esters is 1. The Hall–Kier alpha value is -2.24. The predicted octanol–water partition coefficient (Wildman–Crippen LogP) is 4.33. The van der Waals surface area contributed by atoms with Crippen molar-refractivity contribution in [1.29, 1.82) is 0 Å². The standard InChI is InChI=1S/C18H17Cl2NO4/c1-2-15(25-12-7-4-3-5-8-12)18(23)24-11-16(22)21-14-10-6-9-13(19)17(14)20/h3-10,15H,2,11H2,1H3,(H,21,22)/t15-/m0/s1. The number of amides is 1. The highest BCUT2D eigenvalue weighted by Crippen LogP contribution is 2.29. The summed E-state index contributed by atoms with van der Waals surface area (Å²) in [6.07, 6.45) is -0.375. The zero-order chi connectivity index (χ0) is 18.2. The van der Waals surface area contributed by atoms with Gasteiger partial charge in [0.05, 0.1) is 15.7 Å². The van der Waals surface area contributed by atoms with Gasteiger partial charge in [-0.25, -0.2) is 4.79 Å². The van der Waals surface area contributed by atoms with Crippen LogP contribution in [-0.4, -0.2) is 24.6 Å². The van der Waals surface area contributed by atoms with E-state index in [2.05, 4.69) is 5.32 Å². The van der Waals surface area contributed by atoms with Gasteiger partial charge in [0.15, 0.2) is 12.7 Å². The van der Waals surface area contributed by atoms with Crippen molar-refractivity contribution in [3.8, 4) is 5.75 Å². The van der Waals surface area contributed by atoms with Crippen LogP contribution in [-0.2, 0) is 14.3 Å². The first kappa shape index (κ1) is 19.1. The van der Waals surface area contributed by atoms with Crippen molar-refractivity contribution in [2.45, 2.75) is 19.4 Å². The average molecular weight is 382 g/mol. The van der Waals surface area contributed by atoms with Gasteiger partial charge in [-0.2, -0.15) is 0 Å². The normalized spacial score (nSPS) is 11.5. The van der Waals surface area contributed by atoms with E-state index in [0.29, 0.717) is 22.9 Å². The Kier molecular flexibility index (Phi) is 7.10. The first-order chi connectivity index (χ1) is 12.0. The van der Waals surface area contributed by atoms with E-state index in [1.54, 1.807) is 49.4 Å². The fraction of sp³-hybridized carbons (Fsp3) is 0.222. The maximum Gasteiger partial charge on any atom is 0.347 e. The van der Waals surface area contributed by atoms with Gasteiger partial charge in [0.2, 0.25) is 0 Å². The third-order valence-corrected chi connectivity index (χ3v) is 4.05. The maximum atomic E-state index is 12.1. The molecule has 0 aliphatic carbocycles. The first-order valence-corrected chi connectivity index (χ1v) is 8.39. The second kappa shape index (κ2) is 9.30. The van der Waals surface area contributed by atoms with Gasteiger partial charge in [0, 0.05) is 0 Å². The summed E-state index contributed by atoms with van der Waals surface area (Å²) in [4.78, 5) is 24.0. The van der Waals surface area contributed by atoms with Crippen LogP contribution in [0.1, 0.15) is 13.3 Å². The van der Waals surface area contributed by atoms with Gasteiger partial charge in [-0.1, -0.05) is 54.4 Å². The highest BCUT2D eigenvalue weighted by molar-refractivity contribution is 6.44. The fourth-order valence-corrected chi connectivity index (χ4v) is 2.33. The summed E-state index contributed by atoms with van der Waals surface area (Å²) in [7, 11) is 0. The molecule has 0 aliphatic rings. The highest BCUT2D eigenvalue weighted by atomic mass is 35.5. The lowest BCUT2D eigenvalue weighted by Gasteiger charge is -2.16. The van der Waals surface area contributed by atoms with Crippen LogP contribution >= 0.6 is 23.2 Å². The minimum Gasteiger partial charge on any atom is -0.479 e. The molecule has 132 valence electrons. The van der Waals surface area contributed by atoms with E-state index in [-0.39, 0.29) is 5.02 Å². The average Bonchev–Trinajstić information content (AvgIpc) is 2.62. The zero-order valence-corrected chi connectivity index (χ0v) is 15.0. The smallest absolute Gasteiger partial charge is 0.347 e. The predicted molar refractivity (Wildman–Crippen MR) is 97.2 cm³/mol.